The van der Waals surface area contributed by atoms with Crippen LogP contribution in [-0.4, -0.2) is 43.2 Å². The Morgan fingerprint density at radius 2 is 2.40 bits per heavy atom. The minimum absolute atomic E-state index is 0.275. The normalized spacial score (nSPS) is 23.3. The van der Waals surface area contributed by atoms with Gasteiger partial charge in [0.05, 0.1) is 19.8 Å². The summed E-state index contributed by atoms with van der Waals surface area (Å²) in [4.78, 5) is 11.3. The summed E-state index contributed by atoms with van der Waals surface area (Å²) in [6, 6.07) is 0. The van der Waals surface area contributed by atoms with Crippen LogP contribution in [0.15, 0.2) is 24.8 Å². The van der Waals surface area contributed by atoms with Gasteiger partial charge in [0.1, 0.15) is 12.3 Å². The minimum atomic E-state index is -0.706. The van der Waals surface area contributed by atoms with E-state index in [4.69, 9.17) is 14.6 Å². The fraction of sp³-hybridized carbons (Fsp3) is 0.500. The molecule has 1 rings (SSSR count). The number of hydrogen-bond donors (Lipinski definition) is 2. The zero-order chi connectivity index (χ0) is 11.3. The molecule has 0 aromatic heterocycles. The number of nitrogens with one attached hydrogen (secondary N) is 1. The number of ether oxygens (including phenoxy) is 2. The molecule has 0 saturated carbocycles. The van der Waals surface area contributed by atoms with Crippen molar-refractivity contribution in [1.82, 2.24) is 5.32 Å². The maximum absolute atomic E-state index is 11.3. The first-order valence-corrected chi connectivity index (χ1v) is 4.57. The molecule has 1 amide bonds. The van der Waals surface area contributed by atoms with Gasteiger partial charge in [0.2, 0.25) is 0 Å². The highest BCUT2D eigenvalue weighted by molar-refractivity contribution is 5.95. The Balaban J connectivity index is 2.43. The molecule has 0 bridgehead atoms. The highest BCUT2D eigenvalue weighted by Crippen LogP contribution is 2.34. The molecule has 1 atom stereocenters. The SMILES string of the molecule is C=CCOCC1(C(=C)C(=O)NCO)CO1. The van der Waals surface area contributed by atoms with Crippen molar-refractivity contribution in [3.63, 3.8) is 0 Å². The summed E-state index contributed by atoms with van der Waals surface area (Å²) < 4.78 is 10.4. The van der Waals surface area contributed by atoms with Crippen LogP contribution in [0.4, 0.5) is 0 Å². The van der Waals surface area contributed by atoms with Crippen LogP contribution in [0.25, 0.3) is 0 Å². The van der Waals surface area contributed by atoms with E-state index in [0.29, 0.717) is 13.2 Å². The topological polar surface area (TPSA) is 71.1 Å². The van der Waals surface area contributed by atoms with Gasteiger partial charge in [-0.3, -0.25) is 4.79 Å². The standard InChI is InChI=1S/C10H15NO4/c1-3-4-14-5-10(6-15-10)8(2)9(13)11-7-12/h3,12H,1-2,4-7H2,(H,11,13). The van der Waals surface area contributed by atoms with Gasteiger partial charge in [-0.1, -0.05) is 12.7 Å². The van der Waals surface area contributed by atoms with Crippen LogP contribution in [0.3, 0.4) is 0 Å². The Hall–Kier alpha value is -1.17. The maximum atomic E-state index is 11.3. The molecule has 0 aromatic rings. The summed E-state index contributed by atoms with van der Waals surface area (Å²) >= 11 is 0. The highest BCUT2D eigenvalue weighted by atomic mass is 16.6. The molecule has 0 spiro atoms. The Bertz CT molecular complexity index is 271. The lowest BCUT2D eigenvalue weighted by atomic mass is 10.0. The van der Waals surface area contributed by atoms with E-state index in [9.17, 15) is 4.79 Å². The first kappa shape index (κ1) is 11.9. The zero-order valence-electron chi connectivity index (χ0n) is 8.49. The first-order valence-electron chi connectivity index (χ1n) is 4.57. The Labute approximate surface area is 88.4 Å². The minimum Gasteiger partial charge on any atom is -0.376 e. The molecule has 0 radical (unpaired) electrons. The lowest BCUT2D eigenvalue weighted by Crippen LogP contribution is -2.34. The number of aliphatic hydroxyl groups excluding tert-OH is 1. The molecule has 1 unspecified atom stereocenters. The van der Waals surface area contributed by atoms with Crippen LogP contribution in [-0.2, 0) is 14.3 Å². The van der Waals surface area contributed by atoms with Crippen molar-refractivity contribution in [1.29, 1.82) is 0 Å². The second-order valence-corrected chi connectivity index (χ2v) is 3.23. The Kier molecular flexibility index (Phi) is 4.02. The van der Waals surface area contributed by atoms with Gasteiger partial charge in [-0.05, 0) is 0 Å². The summed E-state index contributed by atoms with van der Waals surface area (Å²) in [7, 11) is 0. The molecular weight excluding hydrogens is 198 g/mol. The van der Waals surface area contributed by atoms with Crippen LogP contribution >= 0.6 is 0 Å². The molecule has 2 N–H and O–H groups in total. The van der Waals surface area contributed by atoms with Gasteiger partial charge in [-0.2, -0.15) is 0 Å². The van der Waals surface area contributed by atoms with Gasteiger partial charge in [-0.15, -0.1) is 6.58 Å². The number of carbonyl (C=O) groups excluding carboxylic acids is 1. The highest BCUT2D eigenvalue weighted by Gasteiger charge is 2.50. The average Bonchev–Trinajstić information content (AvgIpc) is 2.99. The molecule has 5 heteroatoms. The van der Waals surface area contributed by atoms with Gasteiger partial charge in [0.15, 0.2) is 0 Å². The smallest absolute Gasteiger partial charge is 0.251 e. The Morgan fingerprint density at radius 3 is 2.87 bits per heavy atom. The summed E-state index contributed by atoms with van der Waals surface area (Å²) in [6.07, 6.45) is 1.62. The van der Waals surface area contributed by atoms with Crippen molar-refractivity contribution in [3.05, 3.63) is 24.8 Å². The van der Waals surface area contributed by atoms with Crippen LogP contribution < -0.4 is 5.32 Å². The van der Waals surface area contributed by atoms with Gasteiger partial charge in [0.25, 0.3) is 5.91 Å². The monoisotopic (exact) mass is 213 g/mol. The van der Waals surface area contributed by atoms with Gasteiger partial charge in [0, 0.05) is 5.57 Å². The third kappa shape index (κ3) is 2.89. The number of rotatable bonds is 7. The van der Waals surface area contributed by atoms with Crippen molar-refractivity contribution >= 4 is 5.91 Å². The number of carbonyl (C=O) groups is 1. The van der Waals surface area contributed by atoms with Crippen LogP contribution in [0.2, 0.25) is 0 Å². The second-order valence-electron chi connectivity index (χ2n) is 3.23. The molecule has 0 aliphatic carbocycles. The van der Waals surface area contributed by atoms with Gasteiger partial charge >= 0.3 is 0 Å². The van der Waals surface area contributed by atoms with E-state index in [0.717, 1.165) is 0 Å². The zero-order valence-corrected chi connectivity index (χ0v) is 8.49. The molecule has 1 aliphatic heterocycles. The van der Waals surface area contributed by atoms with Crippen LogP contribution in [0.5, 0.6) is 0 Å². The summed E-state index contributed by atoms with van der Waals surface area (Å²) in [5.74, 6) is -0.419. The van der Waals surface area contributed by atoms with Crippen LogP contribution in [0.1, 0.15) is 0 Å². The van der Waals surface area contributed by atoms with E-state index < -0.39 is 18.2 Å². The van der Waals surface area contributed by atoms with E-state index in [1.54, 1.807) is 6.08 Å². The van der Waals surface area contributed by atoms with E-state index in [1.807, 2.05) is 0 Å². The molecule has 1 fully saturated rings. The fourth-order valence-corrected chi connectivity index (χ4v) is 1.12. The molecule has 15 heavy (non-hydrogen) atoms. The van der Waals surface area contributed by atoms with E-state index >= 15 is 0 Å². The third-order valence-corrected chi connectivity index (χ3v) is 2.13. The van der Waals surface area contributed by atoms with E-state index in [2.05, 4.69) is 18.5 Å². The van der Waals surface area contributed by atoms with Crippen molar-refractivity contribution in [2.75, 3.05) is 26.6 Å². The molecule has 84 valence electrons. The predicted octanol–water partition coefficient (Wildman–Crippen LogP) is -0.420. The molecular formula is C10H15NO4. The second kappa shape index (κ2) is 5.06. The van der Waals surface area contributed by atoms with Crippen molar-refractivity contribution in [3.8, 4) is 0 Å². The molecule has 0 aromatic carbocycles. The fourth-order valence-electron chi connectivity index (χ4n) is 1.12. The van der Waals surface area contributed by atoms with Crippen molar-refractivity contribution in [2.24, 2.45) is 0 Å². The maximum Gasteiger partial charge on any atom is 0.251 e. The van der Waals surface area contributed by atoms with E-state index in [1.165, 1.54) is 0 Å². The molecule has 1 saturated heterocycles. The third-order valence-electron chi connectivity index (χ3n) is 2.13. The lowest BCUT2D eigenvalue weighted by molar-refractivity contribution is -0.119. The quantitative estimate of drug-likeness (QED) is 0.198. The summed E-state index contributed by atoms with van der Waals surface area (Å²) in [5.41, 5.74) is -0.428. The first-order chi connectivity index (χ1) is 7.16. The Morgan fingerprint density at radius 1 is 1.73 bits per heavy atom. The number of epoxide rings is 1. The summed E-state index contributed by atoms with van der Waals surface area (Å²) in [6.45, 7) is 7.82. The number of hydrogen-bond acceptors (Lipinski definition) is 4. The predicted molar refractivity (Wildman–Crippen MR) is 54.1 cm³/mol. The van der Waals surface area contributed by atoms with Crippen molar-refractivity contribution in [2.45, 2.75) is 5.60 Å². The van der Waals surface area contributed by atoms with Gasteiger partial charge < -0.3 is 19.9 Å². The van der Waals surface area contributed by atoms with Crippen LogP contribution in [0, 0.1) is 0 Å². The lowest BCUT2D eigenvalue weighted by Gasteiger charge is -2.13. The van der Waals surface area contributed by atoms with E-state index in [-0.39, 0.29) is 12.2 Å². The number of amides is 1. The molecule has 5 nitrogen and oxygen atoms in total. The summed E-state index contributed by atoms with van der Waals surface area (Å²) in [5, 5.41) is 10.8. The molecule has 1 heterocycles. The van der Waals surface area contributed by atoms with Crippen molar-refractivity contribution < 1.29 is 19.4 Å². The average molecular weight is 213 g/mol. The molecule has 1 aliphatic rings. The largest absolute Gasteiger partial charge is 0.376 e. The number of aliphatic hydroxyl groups is 1. The van der Waals surface area contributed by atoms with Gasteiger partial charge in [-0.25, -0.2) is 0 Å².